The van der Waals surface area contributed by atoms with Crippen LogP contribution < -0.4 is 5.56 Å². The molecule has 1 aromatic carbocycles. The second kappa shape index (κ2) is 6.95. The Bertz CT molecular complexity index is 1260. The molecule has 0 amide bonds. The molecule has 0 spiro atoms. The van der Waals surface area contributed by atoms with Crippen molar-refractivity contribution in [3.8, 4) is 11.5 Å². The third kappa shape index (κ3) is 3.24. The Morgan fingerprint density at radius 2 is 2.03 bits per heavy atom. The Morgan fingerprint density at radius 3 is 2.86 bits per heavy atom. The van der Waals surface area contributed by atoms with Gasteiger partial charge in [-0.05, 0) is 55.9 Å². The summed E-state index contributed by atoms with van der Waals surface area (Å²) in [5, 5.41) is 0.574. The number of fused-ring (bicyclic) bond motifs is 2. The highest BCUT2D eigenvalue weighted by molar-refractivity contribution is 5.74. The van der Waals surface area contributed by atoms with E-state index in [2.05, 4.69) is 21.9 Å². The summed E-state index contributed by atoms with van der Waals surface area (Å²) in [6, 6.07) is 11.7. The second-order valence-electron chi connectivity index (χ2n) is 7.88. The second-order valence-corrected chi connectivity index (χ2v) is 7.88. The van der Waals surface area contributed by atoms with Gasteiger partial charge in [0.15, 0.2) is 5.65 Å². The lowest BCUT2D eigenvalue weighted by molar-refractivity contribution is 0.495. The summed E-state index contributed by atoms with van der Waals surface area (Å²) in [6.07, 6.45) is 4.62. The molecule has 3 heterocycles. The molecule has 29 heavy (non-hydrogen) atoms. The molecule has 0 saturated carbocycles. The van der Waals surface area contributed by atoms with Crippen molar-refractivity contribution in [1.29, 1.82) is 0 Å². The van der Waals surface area contributed by atoms with Gasteiger partial charge >= 0.3 is 0 Å². The summed E-state index contributed by atoms with van der Waals surface area (Å²) in [4.78, 5) is 26.8. The van der Waals surface area contributed by atoms with Crippen LogP contribution in [0.3, 0.4) is 0 Å². The number of pyridine rings is 1. The minimum absolute atomic E-state index is 0.0906. The SMILES string of the molecule is Cc1oc(-c2ccccc2)nc1Cn1cnc2nc3c(cc2c1=O)CC(C)CC3. The fourth-order valence-corrected chi connectivity index (χ4v) is 3.98. The normalized spacial score (nSPS) is 16.1. The maximum absolute atomic E-state index is 13.1. The van der Waals surface area contributed by atoms with E-state index in [0.717, 1.165) is 36.2 Å². The lowest BCUT2D eigenvalue weighted by Gasteiger charge is -2.20. The molecule has 6 nitrogen and oxygen atoms in total. The Hall–Kier alpha value is -3.28. The smallest absolute Gasteiger partial charge is 0.263 e. The first-order valence-corrected chi connectivity index (χ1v) is 9.98. The number of hydrogen-bond acceptors (Lipinski definition) is 5. The minimum Gasteiger partial charge on any atom is -0.441 e. The Morgan fingerprint density at radius 1 is 1.21 bits per heavy atom. The highest BCUT2D eigenvalue weighted by atomic mass is 16.4. The lowest BCUT2D eigenvalue weighted by Crippen LogP contribution is -2.23. The van der Waals surface area contributed by atoms with Gasteiger partial charge in [0, 0.05) is 11.3 Å². The molecule has 0 fully saturated rings. The van der Waals surface area contributed by atoms with E-state index in [-0.39, 0.29) is 5.56 Å². The van der Waals surface area contributed by atoms with Crippen molar-refractivity contribution in [2.24, 2.45) is 5.92 Å². The molecule has 1 aliphatic carbocycles. The van der Waals surface area contributed by atoms with Gasteiger partial charge in [0.2, 0.25) is 5.89 Å². The summed E-state index contributed by atoms with van der Waals surface area (Å²) in [6.45, 7) is 4.43. The summed E-state index contributed by atoms with van der Waals surface area (Å²) in [5.41, 5.74) is 4.34. The number of aromatic nitrogens is 4. The molecule has 1 aliphatic rings. The molecule has 0 N–H and O–H groups in total. The Kier molecular flexibility index (Phi) is 4.27. The van der Waals surface area contributed by atoms with Gasteiger partial charge in [0.05, 0.1) is 11.9 Å². The van der Waals surface area contributed by atoms with Crippen LogP contribution in [0.5, 0.6) is 0 Å². The molecule has 1 unspecified atom stereocenters. The summed E-state index contributed by atoms with van der Waals surface area (Å²) >= 11 is 0. The number of benzene rings is 1. The van der Waals surface area contributed by atoms with E-state index in [0.29, 0.717) is 35.1 Å². The number of nitrogens with zero attached hydrogens (tertiary/aromatic N) is 4. The molecule has 3 aromatic heterocycles. The molecule has 146 valence electrons. The maximum atomic E-state index is 13.1. The van der Waals surface area contributed by atoms with E-state index in [1.165, 1.54) is 5.56 Å². The maximum Gasteiger partial charge on any atom is 0.263 e. The van der Waals surface area contributed by atoms with Crippen molar-refractivity contribution >= 4 is 11.0 Å². The molecule has 0 saturated heterocycles. The van der Waals surface area contributed by atoms with Gasteiger partial charge in [0.25, 0.3) is 5.56 Å². The van der Waals surface area contributed by atoms with Crippen LogP contribution in [0.15, 0.2) is 51.9 Å². The van der Waals surface area contributed by atoms with E-state index < -0.39 is 0 Å². The third-order valence-corrected chi connectivity index (χ3v) is 5.66. The van der Waals surface area contributed by atoms with Crippen molar-refractivity contribution in [1.82, 2.24) is 19.5 Å². The standard InChI is InChI=1S/C23H22N4O2/c1-14-8-9-19-17(10-14)11-18-21(25-19)24-13-27(23(18)28)12-20-15(2)29-22(26-20)16-6-4-3-5-7-16/h3-7,11,13-14H,8-10,12H2,1-2H3. The van der Waals surface area contributed by atoms with Crippen LogP contribution in [0.4, 0.5) is 0 Å². The molecule has 5 rings (SSSR count). The highest BCUT2D eigenvalue weighted by Gasteiger charge is 2.19. The van der Waals surface area contributed by atoms with E-state index in [1.54, 1.807) is 10.9 Å². The Labute approximate surface area is 168 Å². The molecule has 1 atom stereocenters. The third-order valence-electron chi connectivity index (χ3n) is 5.66. The topological polar surface area (TPSA) is 73.8 Å². The van der Waals surface area contributed by atoms with E-state index in [1.807, 2.05) is 43.3 Å². The van der Waals surface area contributed by atoms with E-state index in [9.17, 15) is 4.79 Å². The molecule has 6 heteroatoms. The predicted molar refractivity (Wildman–Crippen MR) is 111 cm³/mol. The zero-order chi connectivity index (χ0) is 20.0. The minimum atomic E-state index is -0.0906. The van der Waals surface area contributed by atoms with E-state index in [4.69, 9.17) is 4.42 Å². The van der Waals surface area contributed by atoms with Gasteiger partial charge in [-0.1, -0.05) is 25.1 Å². The fourth-order valence-electron chi connectivity index (χ4n) is 3.98. The van der Waals surface area contributed by atoms with Crippen molar-refractivity contribution in [3.05, 3.63) is 75.8 Å². The summed E-state index contributed by atoms with van der Waals surface area (Å²) < 4.78 is 7.41. The largest absolute Gasteiger partial charge is 0.441 e. The number of aryl methyl sites for hydroxylation is 2. The van der Waals surface area contributed by atoms with Crippen molar-refractivity contribution < 1.29 is 4.42 Å². The fraction of sp³-hybridized carbons (Fsp3) is 0.304. The first-order chi connectivity index (χ1) is 14.1. The molecular formula is C23H22N4O2. The molecule has 0 bridgehead atoms. The summed E-state index contributed by atoms with van der Waals surface area (Å²) in [5.74, 6) is 1.88. The first-order valence-electron chi connectivity index (χ1n) is 9.98. The van der Waals surface area contributed by atoms with Crippen LogP contribution in [0, 0.1) is 12.8 Å². The van der Waals surface area contributed by atoms with Crippen molar-refractivity contribution in [2.45, 2.75) is 39.7 Å². The monoisotopic (exact) mass is 386 g/mol. The number of hydrogen-bond donors (Lipinski definition) is 0. The van der Waals surface area contributed by atoms with Gasteiger partial charge in [-0.25, -0.2) is 15.0 Å². The van der Waals surface area contributed by atoms with Crippen LogP contribution in [-0.4, -0.2) is 19.5 Å². The van der Waals surface area contributed by atoms with Crippen LogP contribution in [0.25, 0.3) is 22.5 Å². The highest BCUT2D eigenvalue weighted by Crippen LogP contribution is 2.26. The predicted octanol–water partition coefficient (Wildman–Crippen LogP) is 3.93. The van der Waals surface area contributed by atoms with Gasteiger partial charge in [-0.15, -0.1) is 0 Å². The van der Waals surface area contributed by atoms with Crippen LogP contribution >= 0.6 is 0 Å². The average Bonchev–Trinajstić information content (AvgIpc) is 3.10. The van der Waals surface area contributed by atoms with Crippen LogP contribution in [0.1, 0.15) is 36.1 Å². The van der Waals surface area contributed by atoms with E-state index >= 15 is 0 Å². The molecule has 0 radical (unpaired) electrons. The average molecular weight is 386 g/mol. The van der Waals surface area contributed by atoms with Crippen molar-refractivity contribution in [2.75, 3.05) is 0 Å². The zero-order valence-electron chi connectivity index (χ0n) is 16.6. The Balaban J connectivity index is 1.52. The molecule has 0 aliphatic heterocycles. The van der Waals surface area contributed by atoms with Gasteiger partial charge in [-0.2, -0.15) is 0 Å². The zero-order valence-corrected chi connectivity index (χ0v) is 16.6. The lowest BCUT2D eigenvalue weighted by atomic mass is 9.87. The van der Waals surface area contributed by atoms with Gasteiger partial charge < -0.3 is 4.42 Å². The van der Waals surface area contributed by atoms with Crippen molar-refractivity contribution in [3.63, 3.8) is 0 Å². The molecule has 4 aromatic rings. The van der Waals surface area contributed by atoms with Crippen LogP contribution in [0.2, 0.25) is 0 Å². The number of rotatable bonds is 3. The number of oxazole rings is 1. The van der Waals surface area contributed by atoms with Gasteiger partial charge in [-0.3, -0.25) is 9.36 Å². The summed E-state index contributed by atoms with van der Waals surface area (Å²) in [7, 11) is 0. The van der Waals surface area contributed by atoms with Crippen LogP contribution in [-0.2, 0) is 19.4 Å². The quantitative estimate of drug-likeness (QED) is 0.533. The first kappa shape index (κ1) is 17.8. The van der Waals surface area contributed by atoms with Gasteiger partial charge in [0.1, 0.15) is 17.8 Å². The molecular weight excluding hydrogens is 364 g/mol.